The number of nitrogens with two attached hydrogens (primary N) is 1. The van der Waals surface area contributed by atoms with Gasteiger partial charge in [0.05, 0.1) is 30.4 Å². The van der Waals surface area contributed by atoms with Gasteiger partial charge in [-0.05, 0) is 42.3 Å². The van der Waals surface area contributed by atoms with E-state index in [1.165, 1.54) is 23.1 Å². The highest BCUT2D eigenvalue weighted by atomic mass is 35.5. The van der Waals surface area contributed by atoms with Crippen molar-refractivity contribution in [3.63, 3.8) is 0 Å². The number of likely N-dealkylation sites (tertiary alicyclic amines) is 2. The molecule has 192 valence electrons. The highest BCUT2D eigenvalue weighted by Gasteiger charge is 2.65. The Morgan fingerprint density at radius 1 is 1.14 bits per heavy atom. The molecule has 37 heavy (non-hydrogen) atoms. The smallest absolute Gasteiger partial charge is 0.332 e. The number of rotatable bonds is 4. The lowest BCUT2D eigenvalue weighted by Gasteiger charge is -2.33. The lowest BCUT2D eigenvalue weighted by molar-refractivity contribution is -0.132. The molecule has 9 nitrogen and oxygen atoms in total. The summed E-state index contributed by atoms with van der Waals surface area (Å²) in [5.41, 5.74) is 6.18. The number of imide groups is 1. The van der Waals surface area contributed by atoms with Crippen LogP contribution in [-0.2, 0) is 9.59 Å². The number of carbonyl (C=O) groups excluding carboxylic acids is 3. The van der Waals surface area contributed by atoms with Crippen LogP contribution in [0.15, 0.2) is 42.5 Å². The molecule has 11 heteroatoms. The molecule has 0 aromatic heterocycles. The van der Waals surface area contributed by atoms with Crippen LogP contribution < -0.4 is 10.6 Å². The van der Waals surface area contributed by atoms with E-state index in [-0.39, 0.29) is 37.3 Å². The number of carbonyl (C=O) groups is 3. The SMILES string of the molecule is CN1C(=O)N(c2cc(Cl)cc(Cl)c2)C(=O)C12CN(C(=O)CN1CCC(N)C1)CC2c1ccc(C#N)cc1. The largest absolute Gasteiger partial charge is 0.338 e. The van der Waals surface area contributed by atoms with Gasteiger partial charge in [-0.2, -0.15) is 5.26 Å². The third kappa shape index (κ3) is 4.34. The molecule has 3 saturated heterocycles. The van der Waals surface area contributed by atoms with Crippen LogP contribution in [0.25, 0.3) is 0 Å². The number of hydrogen-bond donors (Lipinski definition) is 1. The van der Waals surface area contributed by atoms with E-state index in [1.54, 1.807) is 36.2 Å². The third-order valence-electron chi connectivity index (χ3n) is 7.63. The molecule has 4 amide bonds. The molecule has 2 N–H and O–H groups in total. The summed E-state index contributed by atoms with van der Waals surface area (Å²) >= 11 is 12.4. The van der Waals surface area contributed by atoms with Crippen molar-refractivity contribution in [1.82, 2.24) is 14.7 Å². The molecule has 5 rings (SSSR count). The van der Waals surface area contributed by atoms with Crippen molar-refractivity contribution in [3.8, 4) is 6.07 Å². The van der Waals surface area contributed by atoms with Gasteiger partial charge in [-0.1, -0.05) is 35.3 Å². The zero-order valence-corrected chi connectivity index (χ0v) is 21.7. The number of urea groups is 1. The van der Waals surface area contributed by atoms with Gasteiger partial charge in [-0.25, -0.2) is 9.69 Å². The Labute approximate surface area is 224 Å². The second-order valence-corrected chi connectivity index (χ2v) is 10.8. The van der Waals surface area contributed by atoms with E-state index < -0.39 is 23.4 Å². The van der Waals surface area contributed by atoms with Gasteiger partial charge in [0.25, 0.3) is 5.91 Å². The van der Waals surface area contributed by atoms with E-state index in [1.807, 2.05) is 4.90 Å². The van der Waals surface area contributed by atoms with Gasteiger partial charge in [0.2, 0.25) is 5.91 Å². The van der Waals surface area contributed by atoms with Crippen LogP contribution in [0.2, 0.25) is 10.0 Å². The summed E-state index contributed by atoms with van der Waals surface area (Å²) in [4.78, 5) is 47.3. The number of amides is 4. The molecule has 3 atom stereocenters. The number of anilines is 1. The minimum atomic E-state index is -1.34. The van der Waals surface area contributed by atoms with Crippen LogP contribution in [0, 0.1) is 11.3 Å². The maximum atomic E-state index is 14.2. The Hall–Kier alpha value is -3.16. The fourth-order valence-corrected chi connectivity index (χ4v) is 6.21. The summed E-state index contributed by atoms with van der Waals surface area (Å²) in [5, 5.41) is 9.83. The first-order valence-corrected chi connectivity index (χ1v) is 12.7. The maximum absolute atomic E-state index is 14.2. The molecule has 0 radical (unpaired) electrons. The fourth-order valence-electron chi connectivity index (χ4n) is 5.69. The number of benzene rings is 2. The lowest BCUT2D eigenvalue weighted by atomic mass is 9.80. The number of hydrogen-bond acceptors (Lipinski definition) is 6. The minimum absolute atomic E-state index is 0.0439. The Bertz CT molecular complexity index is 1290. The standard InChI is InChI=1S/C26H26Cl2N6O3/c1-31-25(37)34(21-9-18(27)8-19(28)10-21)24(36)26(31)15-33(23(35)14-32-7-6-20(30)12-32)13-22(26)17-4-2-16(11-29)3-5-17/h2-5,8-10,20,22H,6-7,12-15,30H2,1H3. The Balaban J connectivity index is 1.53. The second-order valence-electron chi connectivity index (χ2n) is 9.88. The summed E-state index contributed by atoms with van der Waals surface area (Å²) in [5.74, 6) is -1.08. The van der Waals surface area contributed by atoms with Crippen LogP contribution in [0.3, 0.4) is 0 Å². The van der Waals surface area contributed by atoms with E-state index >= 15 is 0 Å². The molecule has 3 unspecified atom stereocenters. The van der Waals surface area contributed by atoms with Crippen molar-refractivity contribution in [2.24, 2.45) is 5.73 Å². The number of nitrogens with zero attached hydrogens (tertiary/aromatic N) is 5. The first-order chi connectivity index (χ1) is 17.6. The average molecular weight is 541 g/mol. The number of halogens is 2. The summed E-state index contributed by atoms with van der Waals surface area (Å²) in [6.07, 6.45) is 0.831. The van der Waals surface area contributed by atoms with Gasteiger partial charge < -0.3 is 15.5 Å². The van der Waals surface area contributed by atoms with Crippen LogP contribution in [0.1, 0.15) is 23.5 Å². The molecule has 0 aliphatic carbocycles. The number of likely N-dealkylation sites (N-methyl/N-ethyl adjacent to an activating group) is 1. The van der Waals surface area contributed by atoms with Gasteiger partial charge >= 0.3 is 6.03 Å². The molecule has 3 heterocycles. The van der Waals surface area contributed by atoms with Gasteiger partial charge in [0.1, 0.15) is 5.54 Å². The van der Waals surface area contributed by atoms with Crippen LogP contribution in [0.4, 0.5) is 10.5 Å². The van der Waals surface area contributed by atoms with Crippen molar-refractivity contribution in [1.29, 1.82) is 5.26 Å². The van der Waals surface area contributed by atoms with Gasteiger partial charge in [0, 0.05) is 48.7 Å². The molecule has 3 aliphatic rings. The van der Waals surface area contributed by atoms with E-state index in [0.717, 1.165) is 23.4 Å². The van der Waals surface area contributed by atoms with Crippen molar-refractivity contribution < 1.29 is 14.4 Å². The molecule has 3 aliphatic heterocycles. The summed E-state index contributed by atoms with van der Waals surface area (Å²) < 4.78 is 0. The molecule has 0 bridgehead atoms. The minimum Gasteiger partial charge on any atom is -0.338 e. The Kier molecular flexibility index (Phi) is 6.62. The van der Waals surface area contributed by atoms with Crippen molar-refractivity contribution in [3.05, 3.63) is 63.6 Å². The van der Waals surface area contributed by atoms with Crippen molar-refractivity contribution >= 4 is 46.7 Å². The van der Waals surface area contributed by atoms with Gasteiger partial charge in [-0.3, -0.25) is 14.5 Å². The molecule has 3 fully saturated rings. The maximum Gasteiger partial charge on any atom is 0.332 e. The van der Waals surface area contributed by atoms with Crippen LogP contribution >= 0.6 is 23.2 Å². The van der Waals surface area contributed by atoms with Crippen molar-refractivity contribution in [2.75, 3.05) is 44.7 Å². The van der Waals surface area contributed by atoms with Crippen LogP contribution in [-0.4, -0.2) is 83.9 Å². The van der Waals surface area contributed by atoms with Crippen LogP contribution in [0.5, 0.6) is 0 Å². The molecule has 1 spiro atoms. The topological polar surface area (TPSA) is 114 Å². The average Bonchev–Trinajstić information content (AvgIpc) is 3.51. The van der Waals surface area contributed by atoms with E-state index in [4.69, 9.17) is 28.9 Å². The predicted molar refractivity (Wildman–Crippen MR) is 139 cm³/mol. The first kappa shape index (κ1) is 25.5. The third-order valence-corrected chi connectivity index (χ3v) is 8.07. The summed E-state index contributed by atoms with van der Waals surface area (Å²) in [6.45, 7) is 1.87. The quantitative estimate of drug-likeness (QED) is 0.596. The Morgan fingerprint density at radius 3 is 2.41 bits per heavy atom. The summed E-state index contributed by atoms with van der Waals surface area (Å²) in [6, 6.07) is 13.1. The molecule has 2 aromatic carbocycles. The Morgan fingerprint density at radius 2 is 1.81 bits per heavy atom. The van der Waals surface area contributed by atoms with E-state index in [9.17, 15) is 19.6 Å². The zero-order chi connectivity index (χ0) is 26.5. The molecule has 2 aromatic rings. The van der Waals surface area contributed by atoms with Gasteiger partial charge in [-0.15, -0.1) is 0 Å². The highest BCUT2D eigenvalue weighted by Crippen LogP contribution is 2.46. The lowest BCUT2D eigenvalue weighted by Crippen LogP contribution is -2.54. The zero-order valence-electron chi connectivity index (χ0n) is 20.2. The number of nitriles is 1. The first-order valence-electron chi connectivity index (χ1n) is 12.0. The van der Waals surface area contributed by atoms with Crippen molar-refractivity contribution in [2.45, 2.75) is 23.9 Å². The molecular weight excluding hydrogens is 515 g/mol. The van der Waals surface area contributed by atoms with Gasteiger partial charge in [0.15, 0.2) is 0 Å². The normalized spacial score (nSPS) is 26.0. The predicted octanol–water partition coefficient (Wildman–Crippen LogP) is 2.66. The fraction of sp³-hybridized carbons (Fsp3) is 0.385. The monoisotopic (exact) mass is 540 g/mol. The highest BCUT2D eigenvalue weighted by molar-refractivity contribution is 6.35. The van der Waals surface area contributed by atoms with E-state index in [2.05, 4.69) is 6.07 Å². The van der Waals surface area contributed by atoms with E-state index in [0.29, 0.717) is 22.2 Å². The second kappa shape index (κ2) is 9.62. The molecular formula is C26H26Cl2N6O3. The molecule has 0 saturated carbocycles. The summed E-state index contributed by atoms with van der Waals surface area (Å²) in [7, 11) is 1.58.